The maximum atomic E-state index is 13.3. The van der Waals surface area contributed by atoms with Crippen LogP contribution in [0.15, 0.2) is 36.5 Å². The van der Waals surface area contributed by atoms with E-state index in [0.29, 0.717) is 11.4 Å². The topological polar surface area (TPSA) is 77.2 Å². The van der Waals surface area contributed by atoms with Crippen LogP contribution in [0.3, 0.4) is 0 Å². The number of benzene rings is 1. The van der Waals surface area contributed by atoms with E-state index in [2.05, 4.69) is 10.3 Å². The normalized spacial score (nSPS) is 10.1. The first-order valence-corrected chi connectivity index (χ1v) is 5.93. The SMILES string of the molecule is COc1cc(C(=O)NCc2cccnc2N)ccc1F. The van der Waals surface area contributed by atoms with E-state index in [0.717, 1.165) is 5.56 Å². The zero-order valence-electron chi connectivity index (χ0n) is 10.9. The molecule has 104 valence electrons. The smallest absolute Gasteiger partial charge is 0.251 e. The van der Waals surface area contributed by atoms with Crippen molar-refractivity contribution in [2.45, 2.75) is 6.54 Å². The molecule has 1 heterocycles. The Labute approximate surface area is 115 Å². The predicted octanol–water partition coefficient (Wildman–Crippen LogP) is 1.74. The van der Waals surface area contributed by atoms with Gasteiger partial charge in [0, 0.05) is 23.9 Å². The molecule has 20 heavy (non-hydrogen) atoms. The molecule has 0 atom stereocenters. The van der Waals surface area contributed by atoms with Gasteiger partial charge in [-0.15, -0.1) is 0 Å². The zero-order chi connectivity index (χ0) is 14.5. The van der Waals surface area contributed by atoms with Crippen molar-refractivity contribution in [2.24, 2.45) is 0 Å². The summed E-state index contributed by atoms with van der Waals surface area (Å²) in [6, 6.07) is 7.43. The number of anilines is 1. The molecular weight excluding hydrogens is 261 g/mol. The lowest BCUT2D eigenvalue weighted by molar-refractivity contribution is 0.0950. The van der Waals surface area contributed by atoms with Crippen LogP contribution < -0.4 is 15.8 Å². The number of nitrogen functional groups attached to an aromatic ring is 1. The Bertz CT molecular complexity index is 632. The molecule has 2 rings (SSSR count). The van der Waals surface area contributed by atoms with Crippen LogP contribution in [-0.2, 0) is 6.54 Å². The highest BCUT2D eigenvalue weighted by molar-refractivity contribution is 5.94. The van der Waals surface area contributed by atoms with Crippen LogP contribution in [0.2, 0.25) is 0 Å². The van der Waals surface area contributed by atoms with E-state index in [4.69, 9.17) is 10.5 Å². The molecule has 0 aliphatic heterocycles. The van der Waals surface area contributed by atoms with Gasteiger partial charge in [-0.3, -0.25) is 4.79 Å². The van der Waals surface area contributed by atoms with Gasteiger partial charge in [0.25, 0.3) is 5.91 Å². The molecule has 0 bridgehead atoms. The van der Waals surface area contributed by atoms with Gasteiger partial charge in [-0.25, -0.2) is 9.37 Å². The molecule has 0 radical (unpaired) electrons. The fourth-order valence-corrected chi connectivity index (χ4v) is 1.68. The number of ether oxygens (including phenoxy) is 1. The van der Waals surface area contributed by atoms with Crippen molar-refractivity contribution in [2.75, 3.05) is 12.8 Å². The minimum absolute atomic E-state index is 0.0264. The van der Waals surface area contributed by atoms with Gasteiger partial charge in [0.05, 0.1) is 7.11 Å². The Morgan fingerprint density at radius 1 is 1.45 bits per heavy atom. The number of methoxy groups -OCH3 is 1. The molecule has 0 saturated heterocycles. The van der Waals surface area contributed by atoms with Crippen LogP contribution in [0, 0.1) is 5.82 Å². The fourth-order valence-electron chi connectivity index (χ4n) is 1.68. The van der Waals surface area contributed by atoms with Gasteiger partial charge in [-0.2, -0.15) is 0 Å². The van der Waals surface area contributed by atoms with E-state index in [1.54, 1.807) is 18.3 Å². The highest BCUT2D eigenvalue weighted by atomic mass is 19.1. The third-order valence-corrected chi connectivity index (χ3v) is 2.78. The first kappa shape index (κ1) is 13.8. The first-order chi connectivity index (χ1) is 9.61. The third-order valence-electron chi connectivity index (χ3n) is 2.78. The van der Waals surface area contributed by atoms with Crippen LogP contribution in [-0.4, -0.2) is 18.0 Å². The van der Waals surface area contributed by atoms with Crippen LogP contribution >= 0.6 is 0 Å². The van der Waals surface area contributed by atoms with E-state index >= 15 is 0 Å². The maximum Gasteiger partial charge on any atom is 0.251 e. The fraction of sp³-hybridized carbons (Fsp3) is 0.143. The number of aromatic nitrogens is 1. The largest absolute Gasteiger partial charge is 0.494 e. The number of carbonyl (C=O) groups is 1. The number of carbonyl (C=O) groups excluding carboxylic acids is 1. The summed E-state index contributed by atoms with van der Waals surface area (Å²) < 4.78 is 18.1. The predicted molar refractivity (Wildman–Crippen MR) is 72.8 cm³/mol. The molecule has 1 aromatic carbocycles. The molecule has 6 heteroatoms. The average molecular weight is 275 g/mol. The minimum atomic E-state index is -0.513. The molecule has 0 spiro atoms. The summed E-state index contributed by atoms with van der Waals surface area (Å²) in [6.45, 7) is 0.248. The molecule has 0 saturated carbocycles. The molecule has 0 aliphatic carbocycles. The summed E-state index contributed by atoms with van der Waals surface area (Å²) >= 11 is 0. The summed E-state index contributed by atoms with van der Waals surface area (Å²) in [5.41, 5.74) is 6.71. The Balaban J connectivity index is 2.07. The summed E-state index contributed by atoms with van der Waals surface area (Å²) in [5.74, 6) is -0.463. The van der Waals surface area contributed by atoms with Gasteiger partial charge in [-0.1, -0.05) is 6.07 Å². The summed E-state index contributed by atoms with van der Waals surface area (Å²) in [5, 5.41) is 2.69. The second-order valence-corrected chi connectivity index (χ2v) is 4.08. The van der Waals surface area contributed by atoms with Crippen molar-refractivity contribution < 1.29 is 13.9 Å². The van der Waals surface area contributed by atoms with Gasteiger partial charge in [0.2, 0.25) is 0 Å². The third kappa shape index (κ3) is 3.03. The molecule has 0 fully saturated rings. The van der Waals surface area contributed by atoms with Crippen molar-refractivity contribution in [1.82, 2.24) is 10.3 Å². The van der Waals surface area contributed by atoms with Gasteiger partial charge in [0.1, 0.15) is 5.82 Å². The average Bonchev–Trinajstić information content (AvgIpc) is 2.46. The first-order valence-electron chi connectivity index (χ1n) is 5.93. The van der Waals surface area contributed by atoms with Crippen molar-refractivity contribution >= 4 is 11.7 Å². The van der Waals surface area contributed by atoms with Crippen LogP contribution in [0.5, 0.6) is 5.75 Å². The van der Waals surface area contributed by atoms with Gasteiger partial charge < -0.3 is 15.8 Å². The second-order valence-electron chi connectivity index (χ2n) is 4.08. The van der Waals surface area contributed by atoms with Crippen molar-refractivity contribution in [3.8, 4) is 5.75 Å². The van der Waals surface area contributed by atoms with Gasteiger partial charge >= 0.3 is 0 Å². The summed E-state index contributed by atoms with van der Waals surface area (Å²) in [6.07, 6.45) is 1.57. The van der Waals surface area contributed by atoms with Crippen LogP contribution in [0.25, 0.3) is 0 Å². The minimum Gasteiger partial charge on any atom is -0.494 e. The molecule has 0 unspecified atom stereocenters. The number of nitrogens with one attached hydrogen (secondary N) is 1. The number of amides is 1. The monoisotopic (exact) mass is 275 g/mol. The van der Waals surface area contributed by atoms with Gasteiger partial charge in [0.15, 0.2) is 11.6 Å². The van der Waals surface area contributed by atoms with Gasteiger partial charge in [-0.05, 0) is 24.3 Å². The zero-order valence-corrected chi connectivity index (χ0v) is 10.9. The molecule has 1 aromatic heterocycles. The molecule has 3 N–H and O–H groups in total. The van der Waals surface area contributed by atoms with E-state index < -0.39 is 5.82 Å². The van der Waals surface area contributed by atoms with E-state index in [1.165, 1.54) is 25.3 Å². The van der Waals surface area contributed by atoms with Crippen LogP contribution in [0.4, 0.5) is 10.2 Å². The summed E-state index contributed by atoms with van der Waals surface area (Å²) in [7, 11) is 1.34. The lowest BCUT2D eigenvalue weighted by Gasteiger charge is -2.08. The lowest BCUT2D eigenvalue weighted by Crippen LogP contribution is -2.23. The highest BCUT2D eigenvalue weighted by Gasteiger charge is 2.10. The Morgan fingerprint density at radius 2 is 2.25 bits per heavy atom. The van der Waals surface area contributed by atoms with Crippen LogP contribution in [0.1, 0.15) is 15.9 Å². The number of hydrogen-bond donors (Lipinski definition) is 2. The number of hydrogen-bond acceptors (Lipinski definition) is 4. The molecule has 1 amide bonds. The van der Waals surface area contributed by atoms with E-state index in [9.17, 15) is 9.18 Å². The van der Waals surface area contributed by atoms with E-state index in [-0.39, 0.29) is 18.2 Å². The molecule has 5 nitrogen and oxygen atoms in total. The highest BCUT2D eigenvalue weighted by Crippen LogP contribution is 2.18. The Morgan fingerprint density at radius 3 is 2.95 bits per heavy atom. The molecular formula is C14H14FN3O2. The standard InChI is InChI=1S/C14H14FN3O2/c1-20-12-7-9(4-5-11(12)15)14(19)18-8-10-3-2-6-17-13(10)16/h2-7H,8H2,1H3,(H2,16,17)(H,18,19). The molecule has 0 aliphatic rings. The number of halogens is 1. The second kappa shape index (κ2) is 6.01. The van der Waals surface area contributed by atoms with Crippen molar-refractivity contribution in [3.05, 3.63) is 53.5 Å². The Kier molecular flexibility index (Phi) is 4.14. The number of pyridine rings is 1. The number of rotatable bonds is 4. The lowest BCUT2D eigenvalue weighted by atomic mass is 10.2. The Hall–Kier alpha value is -2.63. The van der Waals surface area contributed by atoms with Crippen molar-refractivity contribution in [1.29, 1.82) is 0 Å². The number of nitrogens with two attached hydrogens (primary N) is 1. The maximum absolute atomic E-state index is 13.3. The van der Waals surface area contributed by atoms with E-state index in [1.807, 2.05) is 0 Å². The number of nitrogens with zero attached hydrogens (tertiary/aromatic N) is 1. The summed E-state index contributed by atoms with van der Waals surface area (Å²) in [4.78, 5) is 15.9. The quantitative estimate of drug-likeness (QED) is 0.891. The molecule has 2 aromatic rings. The van der Waals surface area contributed by atoms with Crippen molar-refractivity contribution in [3.63, 3.8) is 0 Å².